The topological polar surface area (TPSA) is 68.8 Å². The summed E-state index contributed by atoms with van der Waals surface area (Å²) in [5.41, 5.74) is 8.27. The van der Waals surface area contributed by atoms with Gasteiger partial charge in [0.25, 0.3) is 0 Å². The normalized spacial score (nSPS) is 17.7. The van der Waals surface area contributed by atoms with Gasteiger partial charge in [0.2, 0.25) is 0 Å². The van der Waals surface area contributed by atoms with Gasteiger partial charge in [0.05, 0.1) is 22.3 Å². The highest BCUT2D eigenvalue weighted by Crippen LogP contribution is 2.38. The Labute approximate surface area is 318 Å². The second-order valence-electron chi connectivity index (χ2n) is 13.2. The van der Waals surface area contributed by atoms with Crippen LogP contribution in [0.5, 0.6) is 0 Å². The third kappa shape index (κ3) is 9.82. The van der Waals surface area contributed by atoms with Gasteiger partial charge in [-0.1, -0.05) is 120 Å². The second kappa shape index (κ2) is 18.7. The summed E-state index contributed by atoms with van der Waals surface area (Å²) in [7, 11) is 6.10. The van der Waals surface area contributed by atoms with Crippen LogP contribution in [0.2, 0.25) is 15.1 Å². The lowest BCUT2D eigenvalue weighted by atomic mass is 9.75. The van der Waals surface area contributed by atoms with Crippen molar-refractivity contribution < 1.29 is 4.79 Å². The Kier molecular flexibility index (Phi) is 14.2. The summed E-state index contributed by atoms with van der Waals surface area (Å²) in [6, 6.07) is 30.7. The van der Waals surface area contributed by atoms with Gasteiger partial charge >= 0.3 is 0 Å². The molecule has 0 radical (unpaired) electrons. The molecule has 3 N–H and O–H groups in total. The average Bonchev–Trinajstić information content (AvgIpc) is 3.60. The highest BCUT2D eigenvalue weighted by molar-refractivity contribution is 6.39. The Morgan fingerprint density at radius 1 is 0.804 bits per heavy atom. The molecule has 4 aromatic carbocycles. The van der Waals surface area contributed by atoms with E-state index in [2.05, 4.69) is 94.5 Å². The van der Waals surface area contributed by atoms with Crippen LogP contribution in [-0.2, 0) is 23.2 Å². The molecule has 7 rings (SSSR count). The number of hydrogen-bond donors (Lipinski definition) is 3. The predicted molar refractivity (Wildman–Crippen MR) is 217 cm³/mol. The summed E-state index contributed by atoms with van der Waals surface area (Å²) in [6.45, 7) is 2.72. The quantitative estimate of drug-likeness (QED) is 0.184. The van der Waals surface area contributed by atoms with Gasteiger partial charge in [-0.15, -0.1) is 0 Å². The van der Waals surface area contributed by atoms with E-state index in [1.54, 1.807) is 18.2 Å². The van der Waals surface area contributed by atoms with Crippen molar-refractivity contribution in [1.29, 1.82) is 0 Å². The van der Waals surface area contributed by atoms with E-state index in [9.17, 15) is 4.79 Å². The van der Waals surface area contributed by atoms with E-state index in [0.717, 1.165) is 69.7 Å². The lowest BCUT2D eigenvalue weighted by Crippen LogP contribution is -2.49. The molecule has 9 heteroatoms. The standard InChI is InChI=1S/C20H23N.C13H16ClNO.C9H9Cl2N3/c1-21(2)15-7-12-20-18-10-5-3-8-16(18)13-14-17-9-4-6-11-19(17)20;1-15-13(9-5-4-8-12(13)16)10-6-2-3-7-11(10)14;10-6-2-1-3-7(11)8(6)14-9-12-4-5-13-9/h3-6,8-12H,7,13-15H2,1-2H3;2-3,6-7,15H,4-5,8-9H2,1H3;1-3H,4-5H2,(H2,12,13,14). The lowest BCUT2D eigenvalue weighted by Gasteiger charge is -2.36. The number of guanidine groups is 1. The molecule has 51 heavy (non-hydrogen) atoms. The summed E-state index contributed by atoms with van der Waals surface area (Å²) in [4.78, 5) is 18.6. The Hall–Kier alpha value is -3.65. The highest BCUT2D eigenvalue weighted by Gasteiger charge is 2.41. The lowest BCUT2D eigenvalue weighted by molar-refractivity contribution is -0.127. The van der Waals surface area contributed by atoms with Crippen molar-refractivity contribution in [3.8, 4) is 0 Å². The number of anilines is 1. The van der Waals surface area contributed by atoms with E-state index in [1.807, 2.05) is 31.3 Å². The van der Waals surface area contributed by atoms with Crippen molar-refractivity contribution in [3.05, 3.63) is 140 Å². The fourth-order valence-corrected chi connectivity index (χ4v) is 7.63. The first kappa shape index (κ1) is 38.6. The van der Waals surface area contributed by atoms with E-state index in [1.165, 1.54) is 27.8 Å². The van der Waals surface area contributed by atoms with Gasteiger partial charge in [-0.05, 0) is 105 Å². The molecule has 1 aliphatic heterocycles. The van der Waals surface area contributed by atoms with Crippen LogP contribution in [0, 0.1) is 0 Å². The number of aliphatic imine (C=N–C) groups is 1. The van der Waals surface area contributed by atoms with Crippen molar-refractivity contribution >= 4 is 57.8 Å². The molecule has 1 atom stereocenters. The first-order valence-corrected chi connectivity index (χ1v) is 18.8. The molecule has 0 spiro atoms. The van der Waals surface area contributed by atoms with E-state index < -0.39 is 5.54 Å². The van der Waals surface area contributed by atoms with Crippen molar-refractivity contribution in [2.45, 2.75) is 50.5 Å². The molecule has 1 heterocycles. The van der Waals surface area contributed by atoms with E-state index in [0.29, 0.717) is 27.2 Å². The van der Waals surface area contributed by atoms with Crippen molar-refractivity contribution in [3.63, 3.8) is 0 Å². The summed E-state index contributed by atoms with van der Waals surface area (Å²) in [5.74, 6) is 0.981. The number of nitrogens with one attached hydrogen (secondary N) is 3. The first-order valence-electron chi connectivity index (χ1n) is 17.7. The van der Waals surface area contributed by atoms with Gasteiger partial charge in [-0.2, -0.15) is 0 Å². The van der Waals surface area contributed by atoms with E-state index in [-0.39, 0.29) is 5.78 Å². The Morgan fingerprint density at radius 3 is 1.98 bits per heavy atom. The summed E-state index contributed by atoms with van der Waals surface area (Å²) in [5, 5.41) is 11.2. The van der Waals surface area contributed by atoms with E-state index in [4.69, 9.17) is 34.8 Å². The Bertz CT molecular complexity index is 1790. The second-order valence-corrected chi connectivity index (χ2v) is 14.4. The minimum absolute atomic E-state index is 0.259. The zero-order valence-corrected chi connectivity index (χ0v) is 32.0. The van der Waals surface area contributed by atoms with E-state index >= 15 is 0 Å². The number of rotatable bonds is 6. The fraction of sp³-hybridized carbons (Fsp3) is 0.333. The van der Waals surface area contributed by atoms with Gasteiger partial charge in [-0.25, -0.2) is 0 Å². The van der Waals surface area contributed by atoms with Crippen molar-refractivity contribution in [2.24, 2.45) is 4.99 Å². The molecule has 0 saturated heterocycles. The van der Waals surface area contributed by atoms with Crippen LogP contribution in [0.25, 0.3) is 5.57 Å². The van der Waals surface area contributed by atoms with Crippen LogP contribution >= 0.6 is 34.8 Å². The predicted octanol–water partition coefficient (Wildman–Crippen LogP) is 9.43. The average molecular weight is 745 g/mol. The maximum absolute atomic E-state index is 12.2. The number of ketones is 1. The Balaban J connectivity index is 0.000000152. The number of carbonyl (C=O) groups is 1. The van der Waals surface area contributed by atoms with Gasteiger partial charge in [0, 0.05) is 24.5 Å². The third-order valence-corrected chi connectivity index (χ3v) is 10.5. The van der Waals surface area contributed by atoms with Crippen LogP contribution in [0.4, 0.5) is 5.69 Å². The number of likely N-dealkylation sites (N-methyl/N-ethyl adjacent to an activating group) is 1. The number of para-hydroxylation sites is 1. The summed E-state index contributed by atoms with van der Waals surface area (Å²) < 4.78 is 0. The first-order chi connectivity index (χ1) is 24.7. The molecule has 268 valence electrons. The molecule has 1 saturated carbocycles. The summed E-state index contributed by atoms with van der Waals surface area (Å²) >= 11 is 18.2. The van der Waals surface area contributed by atoms with Gasteiger partial charge in [0.1, 0.15) is 5.54 Å². The highest BCUT2D eigenvalue weighted by atomic mass is 35.5. The zero-order chi connectivity index (χ0) is 36.2. The van der Waals surface area contributed by atoms with Crippen LogP contribution in [0.3, 0.4) is 0 Å². The molecule has 6 nitrogen and oxygen atoms in total. The minimum Gasteiger partial charge on any atom is -0.354 e. The molecule has 1 fully saturated rings. The number of Topliss-reactive ketones (excluding diaryl/α,β-unsaturated/α-hetero) is 1. The zero-order valence-electron chi connectivity index (χ0n) is 29.7. The number of hydrogen-bond acceptors (Lipinski definition) is 6. The maximum atomic E-state index is 12.2. The molecule has 0 bridgehead atoms. The monoisotopic (exact) mass is 743 g/mol. The van der Waals surface area contributed by atoms with Crippen molar-refractivity contribution in [1.82, 2.24) is 15.5 Å². The molecule has 0 amide bonds. The maximum Gasteiger partial charge on any atom is 0.196 e. The third-order valence-electron chi connectivity index (χ3n) is 9.53. The van der Waals surface area contributed by atoms with Crippen LogP contribution < -0.4 is 16.0 Å². The molecule has 4 aromatic rings. The molecule has 0 aromatic heterocycles. The molecule has 1 unspecified atom stereocenters. The minimum atomic E-state index is -0.559. The number of benzene rings is 4. The van der Waals surface area contributed by atoms with Gasteiger partial charge in [-0.3, -0.25) is 9.79 Å². The Morgan fingerprint density at radius 2 is 1.41 bits per heavy atom. The van der Waals surface area contributed by atoms with Crippen LogP contribution in [0.15, 0.2) is 102 Å². The number of fused-ring (bicyclic) bond motifs is 2. The summed E-state index contributed by atoms with van der Waals surface area (Å²) in [6.07, 6.45) is 9.33. The van der Waals surface area contributed by atoms with Gasteiger partial charge < -0.3 is 20.9 Å². The van der Waals surface area contributed by atoms with Crippen molar-refractivity contribution in [2.75, 3.05) is 46.1 Å². The number of carbonyl (C=O) groups excluding carboxylic acids is 1. The largest absolute Gasteiger partial charge is 0.354 e. The number of halogens is 3. The van der Waals surface area contributed by atoms with Crippen LogP contribution in [-0.4, -0.2) is 57.4 Å². The van der Waals surface area contributed by atoms with Gasteiger partial charge in [0.15, 0.2) is 11.7 Å². The molecular formula is C42H48Cl3N5O. The molecular weight excluding hydrogens is 697 g/mol. The molecule has 3 aliphatic rings. The van der Waals surface area contributed by atoms with Crippen LogP contribution in [0.1, 0.15) is 59.9 Å². The smallest absolute Gasteiger partial charge is 0.196 e. The number of aryl methyl sites for hydroxylation is 2. The molecule has 2 aliphatic carbocycles. The fourth-order valence-electron chi connectivity index (χ4n) is 6.84. The number of nitrogens with zero attached hydrogens (tertiary/aromatic N) is 2. The SMILES string of the molecule is CN(C)CCC=C1c2ccccc2CCc2ccccc21.CNC1(c2ccccc2Cl)CCCCC1=O.Clc1cccc(Cl)c1NC1=NCCN1.